The SMILES string of the molecule is CN(Cc1ccccc1)CC1C=Cc2ccc3c(c2C1)CCc1ccccc1-3. The van der Waals surface area contributed by atoms with Gasteiger partial charge in [0.15, 0.2) is 0 Å². The van der Waals surface area contributed by atoms with Crippen molar-refractivity contribution in [2.24, 2.45) is 5.92 Å². The fourth-order valence-corrected chi connectivity index (χ4v) is 4.96. The Morgan fingerprint density at radius 3 is 2.54 bits per heavy atom. The minimum absolute atomic E-state index is 0.588. The Hall–Kier alpha value is -2.64. The van der Waals surface area contributed by atoms with Crippen molar-refractivity contribution in [1.29, 1.82) is 0 Å². The van der Waals surface area contributed by atoms with Crippen molar-refractivity contribution in [3.63, 3.8) is 0 Å². The van der Waals surface area contributed by atoms with E-state index in [-0.39, 0.29) is 0 Å². The molecule has 1 heteroatoms. The number of benzene rings is 3. The molecule has 0 spiro atoms. The molecule has 3 aromatic rings. The summed E-state index contributed by atoms with van der Waals surface area (Å²) in [5, 5.41) is 0. The Balaban J connectivity index is 1.37. The molecular weight excluding hydrogens is 338 g/mol. The maximum Gasteiger partial charge on any atom is 0.0230 e. The maximum atomic E-state index is 2.46. The molecule has 0 radical (unpaired) electrons. The van der Waals surface area contributed by atoms with Crippen LogP contribution in [-0.2, 0) is 25.8 Å². The van der Waals surface area contributed by atoms with Gasteiger partial charge in [0, 0.05) is 13.1 Å². The third-order valence-electron chi connectivity index (χ3n) is 6.28. The van der Waals surface area contributed by atoms with E-state index in [9.17, 15) is 0 Å². The van der Waals surface area contributed by atoms with Gasteiger partial charge in [-0.25, -0.2) is 0 Å². The molecule has 2 aliphatic carbocycles. The Morgan fingerprint density at radius 2 is 1.64 bits per heavy atom. The molecular formula is C27H27N. The molecule has 0 amide bonds. The van der Waals surface area contributed by atoms with Crippen molar-refractivity contribution in [2.75, 3.05) is 13.6 Å². The van der Waals surface area contributed by atoms with Crippen molar-refractivity contribution in [3.05, 3.63) is 101 Å². The summed E-state index contributed by atoms with van der Waals surface area (Å²) in [6.45, 7) is 2.11. The quantitative estimate of drug-likeness (QED) is 0.567. The molecule has 3 aromatic carbocycles. The summed E-state index contributed by atoms with van der Waals surface area (Å²) in [5.74, 6) is 0.588. The molecule has 0 fully saturated rings. The first kappa shape index (κ1) is 17.5. The molecule has 28 heavy (non-hydrogen) atoms. The van der Waals surface area contributed by atoms with Gasteiger partial charge >= 0.3 is 0 Å². The van der Waals surface area contributed by atoms with Crippen molar-refractivity contribution < 1.29 is 0 Å². The van der Waals surface area contributed by atoms with Gasteiger partial charge in [-0.3, -0.25) is 0 Å². The van der Waals surface area contributed by atoms with Gasteiger partial charge in [-0.2, -0.15) is 0 Å². The van der Waals surface area contributed by atoms with E-state index in [4.69, 9.17) is 0 Å². The molecule has 0 bridgehead atoms. The van der Waals surface area contributed by atoms with Crippen LogP contribution < -0.4 is 0 Å². The maximum absolute atomic E-state index is 2.46. The van der Waals surface area contributed by atoms with Gasteiger partial charge in [0.2, 0.25) is 0 Å². The van der Waals surface area contributed by atoms with E-state index >= 15 is 0 Å². The third kappa shape index (κ3) is 3.31. The highest BCUT2D eigenvalue weighted by Gasteiger charge is 2.23. The minimum atomic E-state index is 0.588. The predicted octanol–water partition coefficient (Wildman–Crippen LogP) is 5.77. The second kappa shape index (κ2) is 7.41. The summed E-state index contributed by atoms with van der Waals surface area (Å²) in [5.41, 5.74) is 10.4. The molecule has 0 aromatic heterocycles. The highest BCUT2D eigenvalue weighted by atomic mass is 15.1. The van der Waals surface area contributed by atoms with E-state index in [0.29, 0.717) is 5.92 Å². The normalized spacial score (nSPS) is 17.1. The molecule has 1 atom stereocenters. The second-order valence-corrected chi connectivity index (χ2v) is 8.32. The van der Waals surface area contributed by atoms with Gasteiger partial charge < -0.3 is 4.90 Å². The zero-order chi connectivity index (χ0) is 18.9. The van der Waals surface area contributed by atoms with Crippen molar-refractivity contribution in [2.45, 2.75) is 25.8 Å². The third-order valence-corrected chi connectivity index (χ3v) is 6.28. The lowest BCUT2D eigenvalue weighted by molar-refractivity contribution is 0.291. The minimum Gasteiger partial charge on any atom is -0.302 e. The number of fused-ring (bicyclic) bond motifs is 5. The van der Waals surface area contributed by atoms with Crippen molar-refractivity contribution in [3.8, 4) is 11.1 Å². The molecule has 1 nitrogen and oxygen atoms in total. The zero-order valence-corrected chi connectivity index (χ0v) is 16.6. The highest BCUT2D eigenvalue weighted by molar-refractivity contribution is 5.77. The Labute approximate surface area is 168 Å². The van der Waals surface area contributed by atoms with E-state index in [1.54, 1.807) is 11.1 Å². The summed E-state index contributed by atoms with van der Waals surface area (Å²) in [7, 11) is 2.24. The number of aryl methyl sites for hydroxylation is 1. The van der Waals surface area contributed by atoms with Crippen LogP contribution in [0.15, 0.2) is 72.8 Å². The van der Waals surface area contributed by atoms with E-state index in [1.165, 1.54) is 40.7 Å². The number of hydrogen-bond donors (Lipinski definition) is 0. The molecule has 0 saturated carbocycles. The number of hydrogen-bond acceptors (Lipinski definition) is 1. The van der Waals surface area contributed by atoms with Crippen LogP contribution in [0, 0.1) is 5.92 Å². The van der Waals surface area contributed by atoms with Gasteiger partial charge in [-0.15, -0.1) is 0 Å². The second-order valence-electron chi connectivity index (χ2n) is 8.32. The highest BCUT2D eigenvalue weighted by Crippen LogP contribution is 2.39. The molecule has 1 unspecified atom stereocenters. The molecule has 0 aliphatic heterocycles. The molecule has 0 N–H and O–H groups in total. The van der Waals surface area contributed by atoms with Crippen LogP contribution in [-0.4, -0.2) is 18.5 Å². The van der Waals surface area contributed by atoms with Crippen LogP contribution in [0.1, 0.15) is 27.8 Å². The Kier molecular flexibility index (Phi) is 4.62. The van der Waals surface area contributed by atoms with Crippen LogP contribution in [0.25, 0.3) is 17.2 Å². The van der Waals surface area contributed by atoms with E-state index < -0.39 is 0 Å². The summed E-state index contributed by atoms with van der Waals surface area (Å²) in [4.78, 5) is 2.46. The first-order chi connectivity index (χ1) is 13.8. The van der Waals surface area contributed by atoms with Crippen LogP contribution in [0.5, 0.6) is 0 Å². The predicted molar refractivity (Wildman–Crippen MR) is 118 cm³/mol. The number of rotatable bonds is 4. The molecule has 5 rings (SSSR count). The molecule has 0 saturated heterocycles. The fraction of sp³-hybridized carbons (Fsp3) is 0.259. The summed E-state index contributed by atoms with van der Waals surface area (Å²) in [6, 6.07) is 24.4. The lowest BCUT2D eigenvalue weighted by Gasteiger charge is -2.29. The number of nitrogens with zero attached hydrogens (tertiary/aromatic N) is 1. The van der Waals surface area contributed by atoms with E-state index in [1.807, 2.05) is 0 Å². The standard InChI is InChI=1S/C27H27N/c1-28(18-20-7-3-2-4-8-20)19-21-11-12-23-14-15-25-24-10-6-5-9-22(24)13-16-26(25)27(23)17-21/h2-12,14-15,21H,13,16-19H2,1H3. The molecule has 140 valence electrons. The Bertz CT molecular complexity index is 1020. The monoisotopic (exact) mass is 365 g/mol. The van der Waals surface area contributed by atoms with Crippen LogP contribution in [0.3, 0.4) is 0 Å². The Morgan fingerprint density at radius 1 is 0.821 bits per heavy atom. The van der Waals surface area contributed by atoms with E-state index in [0.717, 1.165) is 19.5 Å². The van der Waals surface area contributed by atoms with Gasteiger partial charge in [0.1, 0.15) is 0 Å². The molecule has 2 aliphatic rings. The largest absolute Gasteiger partial charge is 0.302 e. The topological polar surface area (TPSA) is 3.24 Å². The van der Waals surface area contributed by atoms with E-state index in [2.05, 4.69) is 90.8 Å². The van der Waals surface area contributed by atoms with Gasteiger partial charge in [0.05, 0.1) is 0 Å². The lowest BCUT2D eigenvalue weighted by atomic mass is 9.78. The average Bonchev–Trinajstić information content (AvgIpc) is 2.74. The fourth-order valence-electron chi connectivity index (χ4n) is 4.96. The summed E-state index contributed by atoms with van der Waals surface area (Å²) < 4.78 is 0. The van der Waals surface area contributed by atoms with Crippen molar-refractivity contribution in [1.82, 2.24) is 4.90 Å². The van der Waals surface area contributed by atoms with Gasteiger partial charge in [-0.05, 0) is 71.2 Å². The first-order valence-electron chi connectivity index (χ1n) is 10.4. The summed E-state index contributed by atoms with van der Waals surface area (Å²) >= 11 is 0. The van der Waals surface area contributed by atoms with Crippen LogP contribution >= 0.6 is 0 Å². The first-order valence-corrected chi connectivity index (χ1v) is 10.4. The average molecular weight is 366 g/mol. The molecule has 0 heterocycles. The smallest absolute Gasteiger partial charge is 0.0230 e. The van der Waals surface area contributed by atoms with Crippen LogP contribution in [0.4, 0.5) is 0 Å². The van der Waals surface area contributed by atoms with Gasteiger partial charge in [-0.1, -0.05) is 78.9 Å². The lowest BCUT2D eigenvalue weighted by Crippen LogP contribution is -2.27. The van der Waals surface area contributed by atoms with Crippen molar-refractivity contribution >= 4 is 6.08 Å². The van der Waals surface area contributed by atoms with Gasteiger partial charge in [0.25, 0.3) is 0 Å². The summed E-state index contributed by atoms with van der Waals surface area (Å²) in [6.07, 6.45) is 8.29. The van der Waals surface area contributed by atoms with Crippen LogP contribution in [0.2, 0.25) is 0 Å². The zero-order valence-electron chi connectivity index (χ0n) is 16.6.